The van der Waals surface area contributed by atoms with Crippen molar-refractivity contribution in [2.24, 2.45) is 10.8 Å². The van der Waals surface area contributed by atoms with Gasteiger partial charge in [-0.15, -0.1) is 48.3 Å². The Kier molecular flexibility index (Phi) is 22.9. The summed E-state index contributed by atoms with van der Waals surface area (Å²) in [5.41, 5.74) is 2.80. The zero-order valence-electron chi connectivity index (χ0n) is 43.7. The summed E-state index contributed by atoms with van der Waals surface area (Å²) in [5, 5.41) is 19.3. The van der Waals surface area contributed by atoms with Gasteiger partial charge >= 0.3 is 0 Å². The highest BCUT2D eigenvalue weighted by Gasteiger charge is 2.56. The third-order valence-electron chi connectivity index (χ3n) is 14.5. The van der Waals surface area contributed by atoms with Crippen LogP contribution in [0, 0.1) is 10.8 Å². The van der Waals surface area contributed by atoms with E-state index in [2.05, 4.69) is 59.6 Å². The zero-order chi connectivity index (χ0) is 51.7. The fraction of sp³-hybridized carbons (Fsp3) is 0.556. The van der Waals surface area contributed by atoms with Crippen LogP contribution < -0.4 is 31.9 Å². The van der Waals surface area contributed by atoms with Crippen LogP contribution >= 0.6 is 72.8 Å². The number of nitrogens with zero attached hydrogens (tertiary/aromatic N) is 2. The Bertz CT molecular complexity index is 2210. The number of fused-ring (bicyclic) bond motifs is 2. The molecule has 4 saturated heterocycles. The zero-order valence-corrected chi connectivity index (χ0v) is 48.6. The second kappa shape index (κ2) is 27.7. The summed E-state index contributed by atoms with van der Waals surface area (Å²) < 4.78 is 12.7. The molecule has 0 bridgehead atoms. The van der Waals surface area contributed by atoms with Crippen LogP contribution in [0.25, 0.3) is 0 Å². The van der Waals surface area contributed by atoms with E-state index < -0.39 is 47.1 Å². The predicted molar refractivity (Wildman–Crippen MR) is 311 cm³/mol. The van der Waals surface area contributed by atoms with Gasteiger partial charge in [0.15, 0.2) is 0 Å². The van der Waals surface area contributed by atoms with Crippen molar-refractivity contribution in [3.05, 3.63) is 107 Å². The van der Waals surface area contributed by atoms with Gasteiger partial charge in [-0.1, -0.05) is 137 Å². The Morgan fingerprint density at radius 2 is 0.973 bits per heavy atom. The van der Waals surface area contributed by atoms with Gasteiger partial charge in [-0.05, 0) is 98.2 Å². The molecular formula is C54H76Cl2N8O6S4. The number of benzene rings is 3. The van der Waals surface area contributed by atoms with Gasteiger partial charge in [-0.2, -0.15) is 0 Å². The third-order valence-corrected chi connectivity index (χ3v) is 18.0. The molecule has 0 radical (unpaired) electrons. The minimum absolute atomic E-state index is 0. The maximum absolute atomic E-state index is 14.5. The SMILES string of the molecule is CNC(C)C(=S)N[C@H]1CCS[C@H]2CC(C)(C)[C@@H](C(=O)NC(COCc3ccc(COCC(NC(=O)[C@H]4N5C(=O)[C@@H](NC(=S)C(C)NC)CCS[C@H]5CC4(C)C)c4ccccc4)cc3)c3ccccc3)N2C1=O.Cl.Cl. The van der Waals surface area contributed by atoms with Crippen LogP contribution in [0.15, 0.2) is 84.9 Å². The molecule has 4 unspecified atom stereocenters. The van der Waals surface area contributed by atoms with Crippen LogP contribution in [0.4, 0.5) is 0 Å². The van der Waals surface area contributed by atoms with Crippen molar-refractivity contribution in [1.29, 1.82) is 0 Å². The molecule has 0 aliphatic carbocycles. The van der Waals surface area contributed by atoms with Crippen molar-refractivity contribution in [3.63, 3.8) is 0 Å². The summed E-state index contributed by atoms with van der Waals surface area (Å²) in [4.78, 5) is 62.4. The van der Waals surface area contributed by atoms with Crippen molar-refractivity contribution in [1.82, 2.24) is 41.7 Å². The Balaban J connectivity index is 0.00000507. The molecule has 14 nitrogen and oxygen atoms in total. The average molecular weight is 1130 g/mol. The fourth-order valence-corrected chi connectivity index (χ4v) is 13.9. The second-order valence-electron chi connectivity index (χ2n) is 20.8. The molecule has 0 aromatic heterocycles. The number of carbonyl (C=O) groups is 4. The van der Waals surface area contributed by atoms with E-state index in [0.29, 0.717) is 48.9 Å². The van der Waals surface area contributed by atoms with E-state index in [9.17, 15) is 19.2 Å². The van der Waals surface area contributed by atoms with E-state index in [0.717, 1.165) is 33.8 Å². The van der Waals surface area contributed by atoms with Gasteiger partial charge in [0.05, 0.1) is 71.3 Å². The van der Waals surface area contributed by atoms with Crippen LogP contribution in [0.1, 0.15) is 102 Å². The lowest BCUT2D eigenvalue weighted by Crippen LogP contribution is -2.58. The van der Waals surface area contributed by atoms with Crippen LogP contribution in [0.5, 0.6) is 0 Å². The topological polar surface area (TPSA) is 165 Å². The maximum Gasteiger partial charge on any atom is 0.246 e. The quantitative estimate of drug-likeness (QED) is 0.0628. The largest absolute Gasteiger partial charge is 0.374 e. The number of hydrogen-bond donors (Lipinski definition) is 6. The van der Waals surface area contributed by atoms with Gasteiger partial charge in [0.2, 0.25) is 23.6 Å². The predicted octanol–water partition coefficient (Wildman–Crippen LogP) is 7.25. The molecule has 10 atom stereocenters. The van der Waals surface area contributed by atoms with E-state index in [4.69, 9.17) is 33.9 Å². The molecule has 4 aliphatic heterocycles. The van der Waals surface area contributed by atoms with Gasteiger partial charge in [-0.25, -0.2) is 0 Å². The van der Waals surface area contributed by atoms with Gasteiger partial charge in [0, 0.05) is 0 Å². The molecule has 7 rings (SSSR count). The molecule has 3 aromatic carbocycles. The van der Waals surface area contributed by atoms with Gasteiger partial charge in [-0.3, -0.25) is 19.2 Å². The highest BCUT2D eigenvalue weighted by molar-refractivity contribution is 8.00. The van der Waals surface area contributed by atoms with E-state index >= 15 is 0 Å². The first-order chi connectivity index (χ1) is 34.4. The molecule has 4 fully saturated rings. The number of ether oxygens (including phenoxy) is 2. The van der Waals surface area contributed by atoms with Crippen LogP contribution in [-0.4, -0.2) is 129 Å². The van der Waals surface area contributed by atoms with Gasteiger partial charge in [0.25, 0.3) is 0 Å². The minimum atomic E-state index is -0.676. The molecule has 4 amide bonds. The van der Waals surface area contributed by atoms with Crippen molar-refractivity contribution in [2.45, 2.75) is 140 Å². The number of likely N-dealkylation sites (N-methyl/N-ethyl adjacent to an activating group) is 2. The summed E-state index contributed by atoms with van der Waals surface area (Å²) in [5.74, 6) is 0.965. The Hall–Kier alpha value is -3.56. The number of thioether (sulfide) groups is 2. The summed E-state index contributed by atoms with van der Waals surface area (Å²) >= 11 is 14.7. The standard InChI is InChI=1S/C54H74N8O6S4.2ClH/c1-33(55-7)49(69)59-39-23-25-71-43-27-53(3,4)45(61(43)51(39)65)47(63)57-41(37-15-11-9-12-16-37)31-67-29-35-19-21-36(22-20-35)30-68-32-42(38-17-13-10-14-18-38)58-48(64)46-54(5,6)28-44-62(46)52(66)40(24-26-72-44)60-50(70)34(2)56-8;;/h9-22,33-34,39-46,55-56H,23-32H2,1-8H3,(H,57,63)(H,58,64)(H,59,69)(H,60,70);2*1H/t33?,34?,39-,40-,41?,42?,43-,44-,45+,46+;;/m0../s1. The molecule has 4 heterocycles. The number of halogens is 2. The molecule has 0 spiro atoms. The van der Waals surface area contributed by atoms with Crippen molar-refractivity contribution < 1.29 is 28.7 Å². The van der Waals surface area contributed by atoms with Crippen LogP contribution in [0.3, 0.4) is 0 Å². The summed E-state index contributed by atoms with van der Waals surface area (Å²) in [7, 11) is 3.67. The maximum atomic E-state index is 14.5. The fourth-order valence-electron chi connectivity index (χ4n) is 10.2. The molecule has 6 N–H and O–H groups in total. The van der Waals surface area contributed by atoms with E-state index in [1.165, 1.54) is 0 Å². The molecule has 3 aromatic rings. The summed E-state index contributed by atoms with van der Waals surface area (Å²) in [6.45, 7) is 13.3. The van der Waals surface area contributed by atoms with Crippen LogP contribution in [0.2, 0.25) is 0 Å². The Morgan fingerprint density at radius 1 is 0.622 bits per heavy atom. The average Bonchev–Trinajstić information content (AvgIpc) is 3.69. The Labute approximate surface area is 470 Å². The number of amides is 4. The first-order valence-electron chi connectivity index (χ1n) is 25.2. The first kappa shape index (κ1) is 61.3. The lowest BCUT2D eigenvalue weighted by Gasteiger charge is -2.35. The molecule has 74 heavy (non-hydrogen) atoms. The number of rotatable bonds is 20. The molecule has 20 heteroatoms. The number of carbonyl (C=O) groups excluding carboxylic acids is 4. The molecule has 406 valence electrons. The third kappa shape index (κ3) is 14.9. The number of thiocarbonyl (C=S) groups is 2. The lowest BCUT2D eigenvalue weighted by atomic mass is 9.83. The van der Waals surface area contributed by atoms with Crippen molar-refractivity contribution >= 4 is 106 Å². The van der Waals surface area contributed by atoms with Crippen molar-refractivity contribution in [3.8, 4) is 0 Å². The van der Waals surface area contributed by atoms with E-state index in [1.54, 1.807) is 23.5 Å². The monoisotopic (exact) mass is 1130 g/mol. The summed E-state index contributed by atoms with van der Waals surface area (Å²) in [6.07, 6.45) is 2.66. The summed E-state index contributed by atoms with van der Waals surface area (Å²) in [6, 6.07) is 24.1. The molecule has 4 aliphatic rings. The molecule has 0 saturated carbocycles. The van der Waals surface area contributed by atoms with Gasteiger partial charge in [0.1, 0.15) is 24.2 Å². The second-order valence-corrected chi connectivity index (χ2v) is 24.3. The number of nitrogens with one attached hydrogen (secondary N) is 6. The molecular weight excluding hydrogens is 1060 g/mol. The van der Waals surface area contributed by atoms with E-state index in [1.807, 2.05) is 123 Å². The lowest BCUT2D eigenvalue weighted by molar-refractivity contribution is -0.142. The minimum Gasteiger partial charge on any atom is -0.374 e. The smallest absolute Gasteiger partial charge is 0.246 e. The van der Waals surface area contributed by atoms with Crippen molar-refractivity contribution in [2.75, 3.05) is 38.8 Å². The highest BCUT2D eigenvalue weighted by Crippen LogP contribution is 2.48. The first-order valence-corrected chi connectivity index (χ1v) is 28.1. The van der Waals surface area contributed by atoms with Crippen LogP contribution in [-0.2, 0) is 41.9 Å². The normalized spacial score (nSPS) is 24.5. The Morgan fingerprint density at radius 3 is 1.31 bits per heavy atom. The van der Waals surface area contributed by atoms with Gasteiger partial charge < -0.3 is 51.2 Å². The highest BCUT2D eigenvalue weighted by atomic mass is 35.5. The van der Waals surface area contributed by atoms with E-state index in [-0.39, 0.29) is 84.5 Å². The number of hydrogen-bond acceptors (Lipinski definition) is 12.